The van der Waals surface area contributed by atoms with Gasteiger partial charge in [-0.15, -0.1) is 0 Å². The largest absolute Gasteiger partial charge is 0.480 e. The van der Waals surface area contributed by atoms with Crippen molar-refractivity contribution < 1.29 is 24.3 Å². The zero-order valence-corrected chi connectivity index (χ0v) is 26.6. The number of amides is 3. The molecule has 3 rings (SSSR count). The second-order valence-corrected chi connectivity index (χ2v) is 11.2. The number of carbonyl (C=O) groups is 4. The van der Waals surface area contributed by atoms with Gasteiger partial charge in [-0.25, -0.2) is 14.5 Å². The van der Waals surface area contributed by atoms with Gasteiger partial charge in [-0.1, -0.05) is 82.5 Å². The molecule has 0 saturated heterocycles. The summed E-state index contributed by atoms with van der Waals surface area (Å²) in [7, 11) is 0. The molecule has 242 valence electrons. The lowest BCUT2D eigenvalue weighted by Gasteiger charge is -2.15. The van der Waals surface area contributed by atoms with E-state index >= 15 is 0 Å². The summed E-state index contributed by atoms with van der Waals surface area (Å²) in [6, 6.07) is 13.9. The zero-order chi connectivity index (χ0) is 32.6. The summed E-state index contributed by atoms with van der Waals surface area (Å²) in [5, 5.41) is 16.6. The van der Waals surface area contributed by atoms with E-state index in [0.29, 0.717) is 24.1 Å². The van der Waals surface area contributed by atoms with Gasteiger partial charge in [-0.05, 0) is 48.4 Å². The fraction of sp³-hybridized carbons (Fsp3) is 0.471. The van der Waals surface area contributed by atoms with Crippen molar-refractivity contribution >= 4 is 23.7 Å². The summed E-state index contributed by atoms with van der Waals surface area (Å²) >= 11 is 0. The topological polar surface area (TPSA) is 155 Å². The van der Waals surface area contributed by atoms with Gasteiger partial charge in [0, 0.05) is 31.2 Å². The van der Waals surface area contributed by atoms with E-state index in [-0.39, 0.29) is 25.2 Å². The average molecular weight is 619 g/mol. The first-order valence-corrected chi connectivity index (χ1v) is 16.0. The molecule has 0 bridgehead atoms. The van der Waals surface area contributed by atoms with Gasteiger partial charge < -0.3 is 10.4 Å². The van der Waals surface area contributed by atoms with Crippen LogP contribution in [0.25, 0.3) is 11.1 Å². The van der Waals surface area contributed by atoms with Crippen molar-refractivity contribution in [3.8, 4) is 11.1 Å². The van der Waals surface area contributed by atoms with E-state index in [1.54, 1.807) is 12.1 Å². The Morgan fingerprint density at radius 2 is 1.51 bits per heavy atom. The maximum atomic E-state index is 13.0. The quantitative estimate of drug-likeness (QED) is 0.147. The SMILES string of the molecule is CCCCC(=O)NC(CCC(=O)NNC(=O)c1ccccc1-c1ccc(Cn2nc(CCCC)nc2CCCC)cc1)C(=O)O. The van der Waals surface area contributed by atoms with Crippen LogP contribution >= 0.6 is 0 Å². The van der Waals surface area contributed by atoms with E-state index in [1.807, 2.05) is 48.0 Å². The number of hydrogen-bond donors (Lipinski definition) is 4. The smallest absolute Gasteiger partial charge is 0.326 e. The number of aryl methyl sites for hydroxylation is 2. The Balaban J connectivity index is 1.61. The third-order valence-corrected chi connectivity index (χ3v) is 7.44. The van der Waals surface area contributed by atoms with Crippen molar-refractivity contribution in [2.24, 2.45) is 0 Å². The lowest BCUT2D eigenvalue weighted by molar-refractivity contribution is -0.142. The minimum absolute atomic E-state index is 0.105. The van der Waals surface area contributed by atoms with Gasteiger partial charge >= 0.3 is 5.97 Å². The molecule has 1 unspecified atom stereocenters. The van der Waals surface area contributed by atoms with Crippen LogP contribution in [0.2, 0.25) is 0 Å². The first-order chi connectivity index (χ1) is 21.7. The number of benzene rings is 2. The summed E-state index contributed by atoms with van der Waals surface area (Å²) in [6.07, 6.45) is 7.47. The van der Waals surface area contributed by atoms with Crippen molar-refractivity contribution in [2.75, 3.05) is 0 Å². The maximum absolute atomic E-state index is 13.0. The van der Waals surface area contributed by atoms with Crippen molar-refractivity contribution in [3.05, 3.63) is 71.3 Å². The normalized spacial score (nSPS) is 11.5. The number of carboxylic acids is 1. The average Bonchev–Trinajstić information content (AvgIpc) is 3.43. The number of nitrogens with one attached hydrogen (secondary N) is 3. The number of hydrazine groups is 1. The number of unbranched alkanes of at least 4 members (excludes halogenated alkanes) is 3. The highest BCUT2D eigenvalue weighted by molar-refractivity contribution is 6.01. The molecule has 3 aromatic rings. The van der Waals surface area contributed by atoms with Gasteiger partial charge in [0.1, 0.15) is 11.9 Å². The number of rotatable bonds is 18. The van der Waals surface area contributed by atoms with Crippen LogP contribution in [0.4, 0.5) is 0 Å². The summed E-state index contributed by atoms with van der Waals surface area (Å²) < 4.78 is 2.00. The third-order valence-electron chi connectivity index (χ3n) is 7.44. The Labute approximate surface area is 265 Å². The lowest BCUT2D eigenvalue weighted by atomic mass is 9.98. The molecule has 0 saturated carbocycles. The molecular weight excluding hydrogens is 572 g/mol. The van der Waals surface area contributed by atoms with Crippen LogP contribution in [0.3, 0.4) is 0 Å². The first kappa shape index (κ1) is 34.9. The molecular formula is C34H46N6O5. The highest BCUT2D eigenvalue weighted by Crippen LogP contribution is 2.24. The molecule has 11 nitrogen and oxygen atoms in total. The van der Waals surface area contributed by atoms with Crippen molar-refractivity contribution in [2.45, 2.75) is 104 Å². The van der Waals surface area contributed by atoms with E-state index in [4.69, 9.17) is 10.1 Å². The van der Waals surface area contributed by atoms with Crippen LogP contribution in [-0.4, -0.2) is 49.6 Å². The Kier molecular flexibility index (Phi) is 14.2. The predicted octanol–water partition coefficient (Wildman–Crippen LogP) is 4.98. The molecule has 0 aliphatic rings. The predicted molar refractivity (Wildman–Crippen MR) is 172 cm³/mol. The zero-order valence-electron chi connectivity index (χ0n) is 26.6. The highest BCUT2D eigenvalue weighted by atomic mass is 16.4. The fourth-order valence-corrected chi connectivity index (χ4v) is 4.80. The van der Waals surface area contributed by atoms with Crippen molar-refractivity contribution in [3.63, 3.8) is 0 Å². The maximum Gasteiger partial charge on any atom is 0.326 e. The summed E-state index contributed by atoms with van der Waals surface area (Å²) in [6.45, 7) is 6.87. The molecule has 2 aromatic carbocycles. The lowest BCUT2D eigenvalue weighted by Crippen LogP contribution is -2.44. The van der Waals surface area contributed by atoms with Crippen molar-refractivity contribution in [1.29, 1.82) is 0 Å². The Bertz CT molecular complexity index is 1420. The Morgan fingerprint density at radius 1 is 0.822 bits per heavy atom. The summed E-state index contributed by atoms with van der Waals surface area (Å²) in [5.74, 6) is -0.758. The molecule has 3 amide bonds. The number of hydrogen-bond acceptors (Lipinski definition) is 6. The molecule has 0 aliphatic heterocycles. The van der Waals surface area contributed by atoms with Crippen LogP contribution in [0.1, 0.15) is 106 Å². The second kappa shape index (κ2) is 18.3. The highest BCUT2D eigenvalue weighted by Gasteiger charge is 2.21. The van der Waals surface area contributed by atoms with Gasteiger partial charge in [-0.2, -0.15) is 5.10 Å². The molecule has 45 heavy (non-hydrogen) atoms. The number of carboxylic acid groups (broad SMARTS) is 1. The number of carbonyl (C=O) groups excluding carboxylic acids is 3. The van der Waals surface area contributed by atoms with Gasteiger partial charge in [0.15, 0.2) is 5.82 Å². The molecule has 0 spiro atoms. The molecule has 0 radical (unpaired) electrons. The van der Waals surface area contributed by atoms with Crippen LogP contribution in [0.15, 0.2) is 48.5 Å². The molecule has 1 atom stereocenters. The minimum atomic E-state index is -1.22. The fourth-order valence-electron chi connectivity index (χ4n) is 4.80. The standard InChI is InChI=1S/C34H46N6O5/c1-4-7-14-29-36-30(15-8-5-2)40(39-29)23-24-17-19-25(20-18-24)26-12-10-11-13-27(26)33(43)38-37-32(42)22-21-28(34(44)45)35-31(41)16-9-6-3/h10-13,17-20,28H,4-9,14-16,21-23H2,1-3H3,(H,35,41)(H,37,42)(H,38,43)(H,44,45). The Morgan fingerprint density at radius 3 is 2.20 bits per heavy atom. The summed E-state index contributed by atoms with van der Waals surface area (Å²) in [5.41, 5.74) is 7.75. The molecule has 4 N–H and O–H groups in total. The van der Waals surface area contributed by atoms with E-state index in [0.717, 1.165) is 67.7 Å². The molecule has 1 aromatic heterocycles. The van der Waals surface area contributed by atoms with Crippen LogP contribution in [0, 0.1) is 0 Å². The molecule has 1 heterocycles. The van der Waals surface area contributed by atoms with E-state index < -0.39 is 23.8 Å². The summed E-state index contributed by atoms with van der Waals surface area (Å²) in [4.78, 5) is 53.7. The second-order valence-electron chi connectivity index (χ2n) is 11.2. The number of aromatic nitrogens is 3. The molecule has 0 fully saturated rings. The minimum Gasteiger partial charge on any atom is -0.480 e. The Hall–Kier alpha value is -4.54. The van der Waals surface area contributed by atoms with Crippen LogP contribution < -0.4 is 16.2 Å². The first-order valence-electron chi connectivity index (χ1n) is 16.0. The van der Waals surface area contributed by atoms with Crippen LogP contribution in [-0.2, 0) is 33.8 Å². The monoisotopic (exact) mass is 618 g/mol. The van der Waals surface area contributed by atoms with Gasteiger partial charge in [0.05, 0.1) is 6.54 Å². The van der Waals surface area contributed by atoms with E-state index in [2.05, 4.69) is 30.0 Å². The van der Waals surface area contributed by atoms with Gasteiger partial charge in [-0.3, -0.25) is 25.2 Å². The molecule has 0 aliphatic carbocycles. The van der Waals surface area contributed by atoms with E-state index in [9.17, 15) is 24.3 Å². The number of nitrogens with zero attached hydrogens (tertiary/aromatic N) is 3. The van der Waals surface area contributed by atoms with Gasteiger partial charge in [0.25, 0.3) is 5.91 Å². The third kappa shape index (κ3) is 11.2. The molecule has 11 heteroatoms. The van der Waals surface area contributed by atoms with Gasteiger partial charge in [0.2, 0.25) is 11.8 Å². The van der Waals surface area contributed by atoms with Crippen molar-refractivity contribution in [1.82, 2.24) is 30.9 Å². The van der Waals surface area contributed by atoms with Crippen LogP contribution in [0.5, 0.6) is 0 Å². The number of aliphatic carboxylic acids is 1. The van der Waals surface area contributed by atoms with E-state index in [1.165, 1.54) is 0 Å².